The predicted molar refractivity (Wildman–Crippen MR) is 104 cm³/mol. The van der Waals surface area contributed by atoms with Gasteiger partial charge < -0.3 is 5.32 Å². The summed E-state index contributed by atoms with van der Waals surface area (Å²) in [5.74, 6) is -1.07. The molecule has 29 heavy (non-hydrogen) atoms. The summed E-state index contributed by atoms with van der Waals surface area (Å²) in [6.07, 6.45) is 3.32. The average molecular weight is 390 g/mol. The maximum Gasteiger partial charge on any atom is 0.272 e. The molecule has 0 atom stereocenters. The van der Waals surface area contributed by atoms with E-state index in [0.29, 0.717) is 11.4 Å². The minimum absolute atomic E-state index is 0.204. The van der Waals surface area contributed by atoms with Gasteiger partial charge in [0.15, 0.2) is 5.69 Å². The summed E-state index contributed by atoms with van der Waals surface area (Å²) in [6.45, 7) is 0.241. The summed E-state index contributed by atoms with van der Waals surface area (Å²) in [7, 11) is 0. The van der Waals surface area contributed by atoms with E-state index in [1.54, 1.807) is 53.5 Å². The first kappa shape index (κ1) is 18.5. The molecule has 2 aromatic heterocycles. The SMILES string of the molecule is O=C(NCc1ccc(F)cc1)c1cc(-c2cccnc2)n(-c2ccc(F)cc2)n1. The Kier molecular flexibility index (Phi) is 5.11. The topological polar surface area (TPSA) is 59.8 Å². The first-order valence-corrected chi connectivity index (χ1v) is 8.89. The van der Waals surface area contributed by atoms with Gasteiger partial charge in [-0.1, -0.05) is 12.1 Å². The van der Waals surface area contributed by atoms with Gasteiger partial charge in [-0.15, -0.1) is 0 Å². The maximum absolute atomic E-state index is 13.3. The second-order valence-electron chi connectivity index (χ2n) is 6.35. The second kappa shape index (κ2) is 8.02. The molecular weight excluding hydrogens is 374 g/mol. The van der Waals surface area contributed by atoms with E-state index in [2.05, 4.69) is 15.4 Å². The number of rotatable bonds is 5. The molecule has 4 rings (SSSR count). The fraction of sp³-hybridized carbons (Fsp3) is 0.0455. The molecule has 1 N–H and O–H groups in total. The van der Waals surface area contributed by atoms with Crippen molar-refractivity contribution in [1.82, 2.24) is 20.1 Å². The van der Waals surface area contributed by atoms with Gasteiger partial charge in [-0.25, -0.2) is 13.5 Å². The zero-order chi connectivity index (χ0) is 20.2. The molecule has 0 aliphatic carbocycles. The first-order chi connectivity index (χ1) is 14.1. The van der Waals surface area contributed by atoms with Crippen molar-refractivity contribution in [3.05, 3.63) is 102 Å². The van der Waals surface area contributed by atoms with Gasteiger partial charge in [0.25, 0.3) is 5.91 Å². The molecule has 0 aliphatic heterocycles. The molecule has 2 aromatic carbocycles. The molecule has 5 nitrogen and oxygen atoms in total. The van der Waals surface area contributed by atoms with Crippen molar-refractivity contribution in [1.29, 1.82) is 0 Å². The first-order valence-electron chi connectivity index (χ1n) is 8.89. The molecule has 144 valence electrons. The third-order valence-corrected chi connectivity index (χ3v) is 4.34. The molecule has 0 radical (unpaired) electrons. The zero-order valence-corrected chi connectivity index (χ0v) is 15.2. The number of hydrogen-bond acceptors (Lipinski definition) is 3. The second-order valence-corrected chi connectivity index (χ2v) is 6.35. The Morgan fingerprint density at radius 1 is 0.966 bits per heavy atom. The third-order valence-electron chi connectivity index (χ3n) is 4.34. The molecule has 2 heterocycles. The smallest absolute Gasteiger partial charge is 0.272 e. The van der Waals surface area contributed by atoms with Gasteiger partial charge in [0, 0.05) is 24.5 Å². The summed E-state index contributed by atoms with van der Waals surface area (Å²) in [5, 5.41) is 7.18. The van der Waals surface area contributed by atoms with Crippen LogP contribution in [0.3, 0.4) is 0 Å². The van der Waals surface area contributed by atoms with E-state index in [0.717, 1.165) is 11.1 Å². The number of benzene rings is 2. The molecule has 7 heteroatoms. The van der Waals surface area contributed by atoms with Crippen molar-refractivity contribution in [2.75, 3.05) is 0 Å². The van der Waals surface area contributed by atoms with Crippen LogP contribution in [0.4, 0.5) is 8.78 Å². The Morgan fingerprint density at radius 3 is 2.31 bits per heavy atom. The fourth-order valence-electron chi connectivity index (χ4n) is 2.87. The van der Waals surface area contributed by atoms with Gasteiger partial charge in [0.2, 0.25) is 0 Å². The summed E-state index contributed by atoms with van der Waals surface area (Å²) >= 11 is 0. The summed E-state index contributed by atoms with van der Waals surface area (Å²) in [4.78, 5) is 16.7. The number of aromatic nitrogens is 3. The maximum atomic E-state index is 13.3. The van der Waals surface area contributed by atoms with Crippen molar-refractivity contribution in [3.8, 4) is 16.9 Å². The highest BCUT2D eigenvalue weighted by atomic mass is 19.1. The number of halogens is 2. The van der Waals surface area contributed by atoms with E-state index in [4.69, 9.17) is 0 Å². The number of nitrogens with zero attached hydrogens (tertiary/aromatic N) is 3. The van der Waals surface area contributed by atoms with Gasteiger partial charge in [0.05, 0.1) is 11.4 Å². The number of nitrogens with one attached hydrogen (secondary N) is 1. The Balaban J connectivity index is 1.64. The van der Waals surface area contributed by atoms with Gasteiger partial charge >= 0.3 is 0 Å². The quantitative estimate of drug-likeness (QED) is 0.557. The van der Waals surface area contributed by atoms with Crippen LogP contribution >= 0.6 is 0 Å². The lowest BCUT2D eigenvalue weighted by Crippen LogP contribution is -2.23. The molecule has 0 saturated carbocycles. The summed E-state index contributed by atoms with van der Waals surface area (Å²) < 4.78 is 27.9. The molecule has 0 bridgehead atoms. The number of hydrogen-bond donors (Lipinski definition) is 1. The molecule has 0 fully saturated rings. The highest BCUT2D eigenvalue weighted by Gasteiger charge is 2.17. The molecular formula is C22H16F2N4O. The number of pyridine rings is 1. The Morgan fingerprint density at radius 2 is 1.66 bits per heavy atom. The van der Waals surface area contributed by atoms with Crippen molar-refractivity contribution in [3.63, 3.8) is 0 Å². The number of carbonyl (C=O) groups is 1. The molecule has 0 spiro atoms. The van der Waals surface area contributed by atoms with Crippen molar-refractivity contribution in [2.45, 2.75) is 6.54 Å². The normalized spacial score (nSPS) is 10.7. The van der Waals surface area contributed by atoms with Crippen LogP contribution in [0, 0.1) is 11.6 Å². The van der Waals surface area contributed by atoms with E-state index in [9.17, 15) is 13.6 Å². The van der Waals surface area contributed by atoms with Crippen molar-refractivity contribution < 1.29 is 13.6 Å². The lowest BCUT2D eigenvalue weighted by Gasteiger charge is -2.07. The third kappa shape index (κ3) is 4.19. The van der Waals surface area contributed by atoms with E-state index < -0.39 is 0 Å². The zero-order valence-electron chi connectivity index (χ0n) is 15.2. The molecule has 0 unspecified atom stereocenters. The summed E-state index contributed by atoms with van der Waals surface area (Å²) in [6, 6.07) is 17.0. The lowest BCUT2D eigenvalue weighted by atomic mass is 10.2. The summed E-state index contributed by atoms with van der Waals surface area (Å²) in [5.41, 5.74) is 3.00. The van der Waals surface area contributed by atoms with Crippen LogP contribution in [0.15, 0.2) is 79.1 Å². The van der Waals surface area contributed by atoms with Crippen LogP contribution in [0.25, 0.3) is 16.9 Å². The highest BCUT2D eigenvalue weighted by molar-refractivity contribution is 5.93. The van der Waals surface area contributed by atoms with Crippen LogP contribution in [0.1, 0.15) is 16.1 Å². The van der Waals surface area contributed by atoms with Gasteiger partial charge in [-0.05, 0) is 60.2 Å². The van der Waals surface area contributed by atoms with Gasteiger partial charge in [-0.2, -0.15) is 5.10 Å². The van der Waals surface area contributed by atoms with Gasteiger partial charge in [-0.3, -0.25) is 9.78 Å². The Bertz CT molecular complexity index is 1120. The van der Waals surface area contributed by atoms with Crippen LogP contribution in [-0.2, 0) is 6.54 Å². The van der Waals surface area contributed by atoms with Crippen LogP contribution < -0.4 is 5.32 Å². The van der Waals surface area contributed by atoms with Crippen LogP contribution in [0.2, 0.25) is 0 Å². The fourth-order valence-corrected chi connectivity index (χ4v) is 2.87. The Labute approximate surface area is 165 Å². The number of carbonyl (C=O) groups excluding carboxylic acids is 1. The standard InChI is InChI=1S/C22H16F2N4O/c23-17-5-3-15(4-6-17)13-26-22(29)20-12-21(16-2-1-11-25-14-16)28(27-20)19-9-7-18(24)8-10-19/h1-12,14H,13H2,(H,26,29). The van der Waals surface area contributed by atoms with Gasteiger partial charge in [0.1, 0.15) is 11.6 Å². The van der Waals surface area contributed by atoms with E-state index in [1.165, 1.54) is 24.3 Å². The van der Waals surface area contributed by atoms with Crippen LogP contribution in [-0.4, -0.2) is 20.7 Å². The van der Waals surface area contributed by atoms with Crippen molar-refractivity contribution >= 4 is 5.91 Å². The van der Waals surface area contributed by atoms with E-state index in [-0.39, 0.29) is 29.8 Å². The number of amides is 1. The minimum atomic E-state index is -0.375. The minimum Gasteiger partial charge on any atom is -0.347 e. The Hall–Kier alpha value is -3.87. The van der Waals surface area contributed by atoms with Crippen LogP contribution in [0.5, 0.6) is 0 Å². The largest absolute Gasteiger partial charge is 0.347 e. The molecule has 0 saturated heterocycles. The highest BCUT2D eigenvalue weighted by Crippen LogP contribution is 2.23. The molecule has 4 aromatic rings. The molecule has 1 amide bonds. The predicted octanol–water partition coefficient (Wildman–Crippen LogP) is 4.14. The average Bonchev–Trinajstić information content (AvgIpc) is 3.20. The molecule has 0 aliphatic rings. The lowest BCUT2D eigenvalue weighted by molar-refractivity contribution is 0.0945. The monoisotopic (exact) mass is 390 g/mol. The van der Waals surface area contributed by atoms with Crippen molar-refractivity contribution in [2.24, 2.45) is 0 Å². The van der Waals surface area contributed by atoms with E-state index >= 15 is 0 Å². The van der Waals surface area contributed by atoms with E-state index in [1.807, 2.05) is 6.07 Å².